The number of carbonyl (C=O) groups is 1. The van der Waals surface area contributed by atoms with Gasteiger partial charge in [-0.1, -0.05) is 33.6 Å². The predicted molar refractivity (Wildman–Crippen MR) is 77.7 cm³/mol. The molecule has 0 bridgehead atoms. The van der Waals surface area contributed by atoms with Crippen LogP contribution >= 0.6 is 15.9 Å². The molecule has 0 aliphatic rings. The van der Waals surface area contributed by atoms with Crippen LogP contribution < -0.4 is 11.1 Å². The maximum Gasteiger partial charge on any atom is 0.255 e. The molecule has 2 aromatic carbocycles. The van der Waals surface area contributed by atoms with Gasteiger partial charge in [0.25, 0.3) is 5.91 Å². The molecular weight excluding hydrogens is 292 g/mol. The highest BCUT2D eigenvalue weighted by Gasteiger charge is 2.07. The van der Waals surface area contributed by atoms with Crippen molar-refractivity contribution >= 4 is 33.2 Å². The van der Waals surface area contributed by atoms with Gasteiger partial charge in [0, 0.05) is 21.4 Å². The first kappa shape index (κ1) is 12.6. The first-order valence-corrected chi connectivity index (χ1v) is 6.28. The number of hydrogen-bond donors (Lipinski definition) is 2. The summed E-state index contributed by atoms with van der Waals surface area (Å²) in [6, 6.07) is 12.8. The number of hydrogen-bond acceptors (Lipinski definition) is 2. The molecule has 0 radical (unpaired) electrons. The van der Waals surface area contributed by atoms with Crippen LogP contribution in [0.2, 0.25) is 0 Å². The zero-order valence-electron chi connectivity index (χ0n) is 9.91. The largest absolute Gasteiger partial charge is 0.399 e. The Balaban J connectivity index is 2.19. The number of halogens is 1. The van der Waals surface area contributed by atoms with E-state index in [2.05, 4.69) is 21.2 Å². The summed E-state index contributed by atoms with van der Waals surface area (Å²) >= 11 is 3.32. The molecule has 0 aromatic heterocycles. The Kier molecular flexibility index (Phi) is 3.67. The second-order valence-corrected chi connectivity index (χ2v) is 5.01. The molecule has 18 heavy (non-hydrogen) atoms. The first-order valence-electron chi connectivity index (χ1n) is 5.49. The molecule has 2 aromatic rings. The van der Waals surface area contributed by atoms with E-state index in [4.69, 9.17) is 5.73 Å². The normalized spacial score (nSPS) is 10.1. The number of aryl methyl sites for hydroxylation is 1. The molecule has 0 aliphatic heterocycles. The Morgan fingerprint density at radius 2 is 1.83 bits per heavy atom. The Bertz CT molecular complexity index is 559. The minimum Gasteiger partial charge on any atom is -0.399 e. The van der Waals surface area contributed by atoms with E-state index in [1.165, 1.54) is 0 Å². The van der Waals surface area contributed by atoms with E-state index in [0.29, 0.717) is 11.3 Å². The lowest BCUT2D eigenvalue weighted by molar-refractivity contribution is 0.102. The average molecular weight is 305 g/mol. The fourth-order valence-corrected chi connectivity index (χ4v) is 2.09. The smallest absolute Gasteiger partial charge is 0.255 e. The number of nitrogens with one attached hydrogen (secondary N) is 1. The van der Waals surface area contributed by atoms with Gasteiger partial charge in [-0.2, -0.15) is 0 Å². The summed E-state index contributed by atoms with van der Waals surface area (Å²) in [5.74, 6) is -0.174. The predicted octanol–water partition coefficient (Wildman–Crippen LogP) is 3.59. The fraction of sp³-hybridized carbons (Fsp3) is 0.0714. The summed E-state index contributed by atoms with van der Waals surface area (Å²) in [4.78, 5) is 12.0. The topological polar surface area (TPSA) is 55.1 Å². The first-order chi connectivity index (χ1) is 8.54. The molecule has 0 unspecified atom stereocenters. The third-order valence-electron chi connectivity index (χ3n) is 2.49. The molecule has 0 saturated heterocycles. The van der Waals surface area contributed by atoms with Gasteiger partial charge >= 0.3 is 0 Å². The number of nitrogen functional groups attached to an aromatic ring is 1. The van der Waals surface area contributed by atoms with Crippen molar-refractivity contribution in [3.05, 3.63) is 58.1 Å². The molecule has 0 spiro atoms. The lowest BCUT2D eigenvalue weighted by Gasteiger charge is -2.07. The van der Waals surface area contributed by atoms with Gasteiger partial charge in [-0.25, -0.2) is 0 Å². The highest BCUT2D eigenvalue weighted by atomic mass is 79.9. The number of rotatable bonds is 2. The van der Waals surface area contributed by atoms with Crippen molar-refractivity contribution in [3.8, 4) is 0 Å². The van der Waals surface area contributed by atoms with Gasteiger partial charge in [0.2, 0.25) is 0 Å². The maximum absolute atomic E-state index is 12.0. The van der Waals surface area contributed by atoms with E-state index < -0.39 is 0 Å². The van der Waals surface area contributed by atoms with E-state index in [1.54, 1.807) is 18.2 Å². The van der Waals surface area contributed by atoms with Crippen LogP contribution in [0.3, 0.4) is 0 Å². The summed E-state index contributed by atoms with van der Waals surface area (Å²) in [5.41, 5.74) is 8.70. The van der Waals surface area contributed by atoms with Crippen LogP contribution in [0.5, 0.6) is 0 Å². The van der Waals surface area contributed by atoms with Crippen LogP contribution in [0.15, 0.2) is 46.9 Å². The molecule has 0 fully saturated rings. The molecule has 4 heteroatoms. The monoisotopic (exact) mass is 304 g/mol. The second-order valence-electron chi connectivity index (χ2n) is 4.09. The molecule has 0 heterocycles. The van der Waals surface area contributed by atoms with Gasteiger partial charge < -0.3 is 11.1 Å². The molecule has 3 N–H and O–H groups in total. The third-order valence-corrected chi connectivity index (χ3v) is 2.95. The van der Waals surface area contributed by atoms with Crippen molar-refractivity contribution in [1.29, 1.82) is 0 Å². The Labute approximate surface area is 114 Å². The number of benzene rings is 2. The SMILES string of the molecule is Cc1ccc(NC(=O)c2cc(N)cc(Br)c2)cc1. The van der Waals surface area contributed by atoms with E-state index in [-0.39, 0.29) is 5.91 Å². The maximum atomic E-state index is 12.0. The zero-order chi connectivity index (χ0) is 13.1. The highest BCUT2D eigenvalue weighted by molar-refractivity contribution is 9.10. The minimum absolute atomic E-state index is 0.174. The number of carbonyl (C=O) groups excluding carboxylic acids is 1. The van der Waals surface area contributed by atoms with Crippen molar-refractivity contribution in [3.63, 3.8) is 0 Å². The Morgan fingerprint density at radius 3 is 2.44 bits per heavy atom. The van der Waals surface area contributed by atoms with Crippen molar-refractivity contribution in [2.24, 2.45) is 0 Å². The van der Waals surface area contributed by atoms with E-state index in [1.807, 2.05) is 31.2 Å². The third kappa shape index (κ3) is 3.11. The summed E-state index contributed by atoms with van der Waals surface area (Å²) in [5, 5.41) is 2.82. The average Bonchev–Trinajstić information content (AvgIpc) is 2.31. The lowest BCUT2D eigenvalue weighted by Crippen LogP contribution is -2.12. The van der Waals surface area contributed by atoms with E-state index in [9.17, 15) is 4.79 Å². The van der Waals surface area contributed by atoms with Gasteiger partial charge in [-0.3, -0.25) is 4.79 Å². The summed E-state index contributed by atoms with van der Waals surface area (Å²) < 4.78 is 0.788. The Morgan fingerprint density at radius 1 is 1.17 bits per heavy atom. The molecule has 0 atom stereocenters. The van der Waals surface area contributed by atoms with Crippen LogP contribution in [0.4, 0.5) is 11.4 Å². The van der Waals surface area contributed by atoms with Crippen LogP contribution in [0.1, 0.15) is 15.9 Å². The molecular formula is C14H13BrN2O. The molecule has 0 saturated carbocycles. The van der Waals surface area contributed by atoms with Gasteiger partial charge in [0.15, 0.2) is 0 Å². The summed E-state index contributed by atoms with van der Waals surface area (Å²) in [7, 11) is 0. The van der Waals surface area contributed by atoms with Crippen molar-refractivity contribution in [2.45, 2.75) is 6.92 Å². The highest BCUT2D eigenvalue weighted by Crippen LogP contribution is 2.18. The van der Waals surface area contributed by atoms with Crippen molar-refractivity contribution in [2.75, 3.05) is 11.1 Å². The molecule has 3 nitrogen and oxygen atoms in total. The number of nitrogens with two attached hydrogens (primary N) is 1. The lowest BCUT2D eigenvalue weighted by atomic mass is 10.1. The van der Waals surface area contributed by atoms with Crippen LogP contribution in [0, 0.1) is 6.92 Å². The molecule has 2 rings (SSSR count). The van der Waals surface area contributed by atoms with Crippen molar-refractivity contribution in [1.82, 2.24) is 0 Å². The zero-order valence-corrected chi connectivity index (χ0v) is 11.5. The van der Waals surface area contributed by atoms with Gasteiger partial charge in [0.1, 0.15) is 0 Å². The minimum atomic E-state index is -0.174. The molecule has 0 aliphatic carbocycles. The van der Waals surface area contributed by atoms with Crippen molar-refractivity contribution < 1.29 is 4.79 Å². The number of anilines is 2. The second kappa shape index (κ2) is 5.23. The number of amides is 1. The van der Waals surface area contributed by atoms with Crippen LogP contribution in [-0.4, -0.2) is 5.91 Å². The van der Waals surface area contributed by atoms with Gasteiger partial charge in [-0.15, -0.1) is 0 Å². The fourth-order valence-electron chi connectivity index (χ4n) is 1.58. The molecule has 1 amide bonds. The quantitative estimate of drug-likeness (QED) is 0.833. The van der Waals surface area contributed by atoms with Gasteiger partial charge in [-0.05, 0) is 37.3 Å². The molecule has 92 valence electrons. The van der Waals surface area contributed by atoms with E-state index >= 15 is 0 Å². The standard InChI is InChI=1S/C14H13BrN2O/c1-9-2-4-13(5-3-9)17-14(18)10-6-11(15)8-12(16)7-10/h2-8H,16H2,1H3,(H,17,18). The summed E-state index contributed by atoms with van der Waals surface area (Å²) in [6.45, 7) is 2.00. The van der Waals surface area contributed by atoms with Crippen LogP contribution in [-0.2, 0) is 0 Å². The van der Waals surface area contributed by atoms with Gasteiger partial charge in [0.05, 0.1) is 0 Å². The van der Waals surface area contributed by atoms with E-state index in [0.717, 1.165) is 15.7 Å². The Hall–Kier alpha value is -1.81. The summed E-state index contributed by atoms with van der Waals surface area (Å²) in [6.07, 6.45) is 0. The van der Waals surface area contributed by atoms with Crippen LogP contribution in [0.25, 0.3) is 0 Å².